The lowest BCUT2D eigenvalue weighted by molar-refractivity contribution is 0.192. The summed E-state index contributed by atoms with van der Waals surface area (Å²) in [6, 6.07) is 6.49. The summed E-state index contributed by atoms with van der Waals surface area (Å²) in [5.74, 6) is 0.731. The fourth-order valence-corrected chi connectivity index (χ4v) is 3.46. The van der Waals surface area contributed by atoms with Crippen molar-refractivity contribution in [3.05, 3.63) is 18.2 Å². The van der Waals surface area contributed by atoms with Crippen LogP contribution in [-0.4, -0.2) is 50.4 Å². The number of nitrogens with zero attached hydrogens (tertiary/aromatic N) is 2. The SMILES string of the molecule is COc1cc(N2CCC(N3CCC(F)C3)CC2)ccc1N. The van der Waals surface area contributed by atoms with Gasteiger partial charge in [0.1, 0.15) is 11.9 Å². The summed E-state index contributed by atoms with van der Waals surface area (Å²) in [7, 11) is 1.64. The number of rotatable bonds is 3. The Bertz CT molecular complexity index is 488. The van der Waals surface area contributed by atoms with Gasteiger partial charge in [-0.25, -0.2) is 4.39 Å². The molecular weight excluding hydrogens is 269 g/mol. The van der Waals surface area contributed by atoms with Crippen LogP contribution in [0.1, 0.15) is 19.3 Å². The zero-order valence-corrected chi connectivity index (χ0v) is 12.6. The number of hydrogen-bond donors (Lipinski definition) is 1. The molecule has 4 nitrogen and oxygen atoms in total. The zero-order chi connectivity index (χ0) is 14.8. The number of nitrogen functional groups attached to an aromatic ring is 1. The van der Waals surface area contributed by atoms with Gasteiger partial charge in [0.2, 0.25) is 0 Å². The van der Waals surface area contributed by atoms with Crippen molar-refractivity contribution < 1.29 is 9.13 Å². The highest BCUT2D eigenvalue weighted by molar-refractivity contribution is 5.62. The van der Waals surface area contributed by atoms with Crippen molar-refractivity contribution in [3.63, 3.8) is 0 Å². The zero-order valence-electron chi connectivity index (χ0n) is 12.6. The third-order valence-electron chi connectivity index (χ3n) is 4.73. The molecular formula is C16H24FN3O. The second-order valence-corrected chi connectivity index (χ2v) is 6.03. The first-order chi connectivity index (χ1) is 10.2. The van der Waals surface area contributed by atoms with E-state index in [0.717, 1.165) is 43.9 Å². The topological polar surface area (TPSA) is 41.7 Å². The first-order valence-corrected chi connectivity index (χ1v) is 7.74. The second kappa shape index (κ2) is 6.10. The minimum atomic E-state index is -0.621. The Morgan fingerprint density at radius 2 is 1.95 bits per heavy atom. The van der Waals surface area contributed by atoms with Crippen molar-refractivity contribution in [2.45, 2.75) is 31.5 Å². The van der Waals surface area contributed by atoms with E-state index < -0.39 is 6.17 Å². The molecule has 2 aliphatic rings. The quantitative estimate of drug-likeness (QED) is 0.868. The molecule has 1 unspecified atom stereocenters. The van der Waals surface area contributed by atoms with Crippen molar-refractivity contribution in [1.82, 2.24) is 4.90 Å². The molecule has 0 bridgehead atoms. The Balaban J connectivity index is 1.60. The molecule has 2 fully saturated rings. The molecule has 0 radical (unpaired) electrons. The summed E-state index contributed by atoms with van der Waals surface area (Å²) in [5, 5.41) is 0. The molecule has 1 atom stereocenters. The van der Waals surface area contributed by atoms with E-state index in [-0.39, 0.29) is 0 Å². The minimum Gasteiger partial charge on any atom is -0.495 e. The number of piperidine rings is 1. The van der Waals surface area contributed by atoms with E-state index in [4.69, 9.17) is 10.5 Å². The molecule has 116 valence electrons. The van der Waals surface area contributed by atoms with E-state index in [0.29, 0.717) is 24.7 Å². The largest absolute Gasteiger partial charge is 0.495 e. The Morgan fingerprint density at radius 1 is 1.19 bits per heavy atom. The van der Waals surface area contributed by atoms with Crippen molar-refractivity contribution in [2.24, 2.45) is 0 Å². The van der Waals surface area contributed by atoms with Gasteiger partial charge in [-0.3, -0.25) is 4.90 Å². The molecule has 1 aromatic carbocycles. The average Bonchev–Trinajstić information content (AvgIpc) is 2.94. The summed E-state index contributed by atoms with van der Waals surface area (Å²) < 4.78 is 18.6. The highest BCUT2D eigenvalue weighted by Gasteiger charge is 2.30. The number of alkyl halides is 1. The Morgan fingerprint density at radius 3 is 2.57 bits per heavy atom. The van der Waals surface area contributed by atoms with Crippen LogP contribution in [-0.2, 0) is 0 Å². The van der Waals surface area contributed by atoms with Crippen molar-refractivity contribution >= 4 is 11.4 Å². The monoisotopic (exact) mass is 293 g/mol. The van der Waals surface area contributed by atoms with Gasteiger partial charge < -0.3 is 15.4 Å². The smallest absolute Gasteiger partial charge is 0.143 e. The Hall–Kier alpha value is -1.49. The van der Waals surface area contributed by atoms with E-state index in [2.05, 4.69) is 9.80 Å². The number of methoxy groups -OCH3 is 1. The minimum absolute atomic E-state index is 0.540. The molecule has 5 heteroatoms. The van der Waals surface area contributed by atoms with Gasteiger partial charge in [-0.05, 0) is 31.4 Å². The number of likely N-dealkylation sites (tertiary alicyclic amines) is 1. The maximum absolute atomic E-state index is 13.3. The molecule has 2 heterocycles. The van der Waals surface area contributed by atoms with E-state index in [1.54, 1.807) is 7.11 Å². The van der Waals surface area contributed by atoms with Crippen LogP contribution in [0.5, 0.6) is 5.75 Å². The molecule has 2 saturated heterocycles. The van der Waals surface area contributed by atoms with Gasteiger partial charge in [-0.2, -0.15) is 0 Å². The van der Waals surface area contributed by atoms with Gasteiger partial charge in [0.05, 0.1) is 12.8 Å². The van der Waals surface area contributed by atoms with Crippen molar-refractivity contribution in [2.75, 3.05) is 43.9 Å². The molecule has 3 rings (SSSR count). The van der Waals surface area contributed by atoms with Crippen LogP contribution >= 0.6 is 0 Å². The first kappa shape index (κ1) is 14.4. The number of nitrogens with two attached hydrogens (primary N) is 1. The molecule has 2 N–H and O–H groups in total. The predicted molar refractivity (Wildman–Crippen MR) is 83.7 cm³/mol. The highest BCUT2D eigenvalue weighted by Crippen LogP contribution is 2.30. The van der Waals surface area contributed by atoms with Gasteiger partial charge in [0, 0.05) is 44.0 Å². The number of ether oxygens (including phenoxy) is 1. The third-order valence-corrected chi connectivity index (χ3v) is 4.73. The maximum atomic E-state index is 13.3. The normalized spacial score (nSPS) is 24.5. The number of benzene rings is 1. The molecule has 0 spiro atoms. The van der Waals surface area contributed by atoms with Crippen LogP contribution < -0.4 is 15.4 Å². The van der Waals surface area contributed by atoms with Crippen LogP contribution in [0.4, 0.5) is 15.8 Å². The van der Waals surface area contributed by atoms with Gasteiger partial charge in [-0.15, -0.1) is 0 Å². The standard InChI is InChI=1S/C16H24FN3O/c1-21-16-10-14(2-3-15(16)18)19-8-5-13(6-9-19)20-7-4-12(17)11-20/h2-3,10,12-13H,4-9,11,18H2,1H3. The lowest BCUT2D eigenvalue weighted by atomic mass is 10.0. The van der Waals surface area contributed by atoms with E-state index in [1.807, 2.05) is 18.2 Å². The average molecular weight is 293 g/mol. The number of anilines is 2. The predicted octanol–water partition coefficient (Wildman–Crippen LogP) is 2.29. The van der Waals surface area contributed by atoms with Crippen LogP contribution in [0.25, 0.3) is 0 Å². The van der Waals surface area contributed by atoms with Gasteiger partial charge in [-0.1, -0.05) is 0 Å². The highest BCUT2D eigenvalue weighted by atomic mass is 19.1. The number of hydrogen-bond acceptors (Lipinski definition) is 4. The molecule has 2 aliphatic heterocycles. The lowest BCUT2D eigenvalue weighted by Crippen LogP contribution is -2.44. The number of halogens is 1. The Labute approximate surface area is 125 Å². The van der Waals surface area contributed by atoms with E-state index in [9.17, 15) is 4.39 Å². The van der Waals surface area contributed by atoms with Crippen LogP contribution in [0, 0.1) is 0 Å². The molecule has 0 saturated carbocycles. The van der Waals surface area contributed by atoms with Crippen LogP contribution in [0.15, 0.2) is 18.2 Å². The first-order valence-electron chi connectivity index (χ1n) is 7.74. The fourth-order valence-electron chi connectivity index (χ4n) is 3.46. The van der Waals surface area contributed by atoms with Crippen LogP contribution in [0.2, 0.25) is 0 Å². The molecule has 21 heavy (non-hydrogen) atoms. The van der Waals surface area contributed by atoms with Crippen molar-refractivity contribution in [1.29, 1.82) is 0 Å². The fraction of sp³-hybridized carbons (Fsp3) is 0.625. The van der Waals surface area contributed by atoms with Crippen molar-refractivity contribution in [3.8, 4) is 5.75 Å². The third kappa shape index (κ3) is 3.07. The van der Waals surface area contributed by atoms with E-state index >= 15 is 0 Å². The summed E-state index contributed by atoms with van der Waals surface area (Å²) in [5.41, 5.74) is 7.69. The van der Waals surface area contributed by atoms with Gasteiger partial charge >= 0.3 is 0 Å². The van der Waals surface area contributed by atoms with Gasteiger partial charge in [0.15, 0.2) is 0 Å². The lowest BCUT2D eigenvalue weighted by Gasteiger charge is -2.37. The second-order valence-electron chi connectivity index (χ2n) is 6.03. The molecule has 1 aromatic rings. The van der Waals surface area contributed by atoms with E-state index in [1.165, 1.54) is 0 Å². The summed E-state index contributed by atoms with van der Waals surface area (Å²) in [6.45, 7) is 3.55. The Kier molecular flexibility index (Phi) is 4.19. The molecule has 0 aliphatic carbocycles. The molecule has 0 aromatic heterocycles. The summed E-state index contributed by atoms with van der Waals surface area (Å²) in [6.07, 6.45) is 2.28. The summed E-state index contributed by atoms with van der Waals surface area (Å²) >= 11 is 0. The van der Waals surface area contributed by atoms with Gasteiger partial charge in [0.25, 0.3) is 0 Å². The maximum Gasteiger partial charge on any atom is 0.143 e. The molecule has 0 amide bonds. The van der Waals surface area contributed by atoms with Crippen LogP contribution in [0.3, 0.4) is 0 Å². The summed E-state index contributed by atoms with van der Waals surface area (Å²) in [4.78, 5) is 4.69.